The first-order valence-corrected chi connectivity index (χ1v) is 7.54. The van der Waals surface area contributed by atoms with Crippen LogP contribution in [0, 0.1) is 0 Å². The van der Waals surface area contributed by atoms with Crippen LogP contribution in [0.3, 0.4) is 0 Å². The first-order valence-electron chi connectivity index (χ1n) is 7.54. The summed E-state index contributed by atoms with van der Waals surface area (Å²) in [6.07, 6.45) is 4.45. The summed E-state index contributed by atoms with van der Waals surface area (Å²) in [5.41, 5.74) is 6.40. The van der Waals surface area contributed by atoms with E-state index in [9.17, 15) is 4.79 Å². The van der Waals surface area contributed by atoms with Gasteiger partial charge >= 0.3 is 0 Å². The molecule has 0 aromatic heterocycles. The van der Waals surface area contributed by atoms with Gasteiger partial charge in [0.1, 0.15) is 0 Å². The third-order valence-electron chi connectivity index (χ3n) is 4.42. The van der Waals surface area contributed by atoms with Crippen molar-refractivity contribution in [3.8, 4) is 0 Å². The predicted octanol–water partition coefficient (Wildman–Crippen LogP) is 5.02. The van der Waals surface area contributed by atoms with Crippen molar-refractivity contribution >= 4 is 11.9 Å². The first-order chi connectivity index (χ1) is 10.1. The van der Waals surface area contributed by atoms with Gasteiger partial charge in [-0.2, -0.15) is 0 Å². The zero-order chi connectivity index (χ0) is 14.8. The number of allylic oxidation sites excluding steroid dienone is 1. The minimum absolute atomic E-state index is 0.129. The van der Waals surface area contributed by atoms with Crippen molar-refractivity contribution in [3.63, 3.8) is 0 Å². The monoisotopic (exact) mass is 276 g/mol. The van der Waals surface area contributed by atoms with Crippen LogP contribution in [0.15, 0.2) is 54.1 Å². The highest BCUT2D eigenvalue weighted by atomic mass is 16.1. The fraction of sp³-hybridized carbons (Fsp3) is 0.250. The number of aryl methyl sites for hydroxylation is 1. The summed E-state index contributed by atoms with van der Waals surface area (Å²) in [5.74, 6) is 0.654. The maximum absolute atomic E-state index is 11.3. The van der Waals surface area contributed by atoms with Crippen molar-refractivity contribution in [2.45, 2.75) is 32.6 Å². The van der Waals surface area contributed by atoms with Crippen LogP contribution in [0.25, 0.3) is 6.08 Å². The zero-order valence-electron chi connectivity index (χ0n) is 12.6. The molecule has 1 aliphatic rings. The van der Waals surface area contributed by atoms with Crippen LogP contribution in [0.4, 0.5) is 0 Å². The minimum atomic E-state index is 0.129. The van der Waals surface area contributed by atoms with Crippen LogP contribution in [0.1, 0.15) is 53.2 Å². The second-order valence-corrected chi connectivity index (χ2v) is 5.82. The molecule has 2 aromatic rings. The van der Waals surface area contributed by atoms with Gasteiger partial charge in [-0.1, -0.05) is 67.1 Å². The maximum atomic E-state index is 11.3. The molecule has 1 unspecified atom stereocenters. The van der Waals surface area contributed by atoms with E-state index in [0.29, 0.717) is 5.92 Å². The van der Waals surface area contributed by atoms with Gasteiger partial charge in [-0.3, -0.25) is 4.79 Å². The normalized spacial score (nSPS) is 16.5. The molecule has 0 heterocycles. The fourth-order valence-corrected chi connectivity index (χ4v) is 3.04. The fourth-order valence-electron chi connectivity index (χ4n) is 3.04. The van der Waals surface area contributed by atoms with Crippen molar-refractivity contribution in [1.82, 2.24) is 0 Å². The van der Waals surface area contributed by atoms with Crippen molar-refractivity contribution in [2.75, 3.05) is 0 Å². The summed E-state index contributed by atoms with van der Waals surface area (Å²) in [7, 11) is 0. The van der Waals surface area contributed by atoms with Gasteiger partial charge in [0.2, 0.25) is 0 Å². The summed E-state index contributed by atoms with van der Waals surface area (Å²) in [5, 5.41) is 0. The summed E-state index contributed by atoms with van der Waals surface area (Å²) in [6, 6.07) is 16.6. The Morgan fingerprint density at radius 3 is 2.38 bits per heavy atom. The van der Waals surface area contributed by atoms with Gasteiger partial charge in [0.05, 0.1) is 0 Å². The van der Waals surface area contributed by atoms with Crippen molar-refractivity contribution in [3.05, 3.63) is 76.4 Å². The van der Waals surface area contributed by atoms with Crippen LogP contribution >= 0.6 is 0 Å². The van der Waals surface area contributed by atoms with Gasteiger partial charge < -0.3 is 0 Å². The molecule has 0 saturated heterocycles. The molecular formula is C20H20O. The summed E-state index contributed by atoms with van der Waals surface area (Å²) in [6.45, 7) is 3.90. The average molecular weight is 276 g/mol. The van der Waals surface area contributed by atoms with E-state index in [2.05, 4.69) is 49.4 Å². The molecule has 106 valence electrons. The van der Waals surface area contributed by atoms with Crippen LogP contribution in [-0.2, 0) is 6.42 Å². The highest BCUT2D eigenvalue weighted by Gasteiger charge is 2.20. The van der Waals surface area contributed by atoms with Crippen LogP contribution in [-0.4, -0.2) is 5.78 Å². The number of benzene rings is 2. The van der Waals surface area contributed by atoms with E-state index in [1.165, 1.54) is 22.3 Å². The molecule has 0 saturated carbocycles. The number of rotatable bonds is 4. The van der Waals surface area contributed by atoms with Crippen LogP contribution in [0.2, 0.25) is 0 Å². The number of carbonyl (C=O) groups is 1. The molecular weight excluding hydrogens is 256 g/mol. The van der Waals surface area contributed by atoms with Gasteiger partial charge in [-0.15, -0.1) is 0 Å². The molecule has 1 atom stereocenters. The predicted molar refractivity (Wildman–Crippen MR) is 87.6 cm³/mol. The van der Waals surface area contributed by atoms with Gasteiger partial charge in [-0.25, -0.2) is 0 Å². The average Bonchev–Trinajstić information content (AvgIpc) is 2.82. The lowest BCUT2D eigenvalue weighted by Crippen LogP contribution is -1.96. The molecule has 0 N–H and O–H groups in total. The first kappa shape index (κ1) is 13.8. The Labute approximate surface area is 126 Å². The van der Waals surface area contributed by atoms with E-state index >= 15 is 0 Å². The Hall–Kier alpha value is -2.15. The molecule has 0 bridgehead atoms. The van der Waals surface area contributed by atoms with Gasteiger partial charge in [0.15, 0.2) is 5.78 Å². The largest absolute Gasteiger partial charge is 0.295 e. The summed E-state index contributed by atoms with van der Waals surface area (Å²) in [4.78, 5) is 11.3. The van der Waals surface area contributed by atoms with E-state index in [4.69, 9.17) is 0 Å². The van der Waals surface area contributed by atoms with E-state index in [1.54, 1.807) is 6.92 Å². The number of carbonyl (C=O) groups excluding carboxylic acids is 1. The quantitative estimate of drug-likeness (QED) is 0.716. The number of hydrogen-bond donors (Lipinski definition) is 0. The highest BCUT2D eigenvalue weighted by molar-refractivity contribution is 5.94. The number of hydrogen-bond acceptors (Lipinski definition) is 1. The van der Waals surface area contributed by atoms with Crippen molar-refractivity contribution in [1.29, 1.82) is 0 Å². The van der Waals surface area contributed by atoms with Crippen molar-refractivity contribution < 1.29 is 4.79 Å². The Bertz CT molecular complexity index is 692. The van der Waals surface area contributed by atoms with Gasteiger partial charge in [0.25, 0.3) is 0 Å². The molecule has 0 aliphatic heterocycles. The highest BCUT2D eigenvalue weighted by Crippen LogP contribution is 2.37. The zero-order valence-corrected chi connectivity index (χ0v) is 12.6. The molecule has 21 heavy (non-hydrogen) atoms. The standard InChI is InChI=1S/C20H20O/c1-14-18(13-19-5-3-4-6-20(14)19)12-9-16-7-10-17(11-8-16)15(2)21/h3-8,10-11,13-14H,9,12H2,1-2H3. The molecule has 0 fully saturated rings. The molecule has 1 aliphatic carbocycles. The molecule has 0 radical (unpaired) electrons. The number of ketones is 1. The maximum Gasteiger partial charge on any atom is 0.159 e. The lowest BCUT2D eigenvalue weighted by molar-refractivity contribution is 0.101. The number of Topliss-reactive ketones (excluding diaryl/α,β-unsaturated/α-hetero) is 1. The molecule has 3 rings (SSSR count). The summed E-state index contributed by atoms with van der Waals surface area (Å²) < 4.78 is 0. The Morgan fingerprint density at radius 1 is 1.00 bits per heavy atom. The third kappa shape index (κ3) is 2.82. The van der Waals surface area contributed by atoms with Crippen LogP contribution in [0.5, 0.6) is 0 Å². The molecule has 0 amide bonds. The Balaban J connectivity index is 1.68. The van der Waals surface area contributed by atoms with Crippen molar-refractivity contribution in [2.24, 2.45) is 0 Å². The van der Waals surface area contributed by atoms with E-state index < -0.39 is 0 Å². The molecule has 0 spiro atoms. The Morgan fingerprint density at radius 2 is 1.71 bits per heavy atom. The van der Waals surface area contributed by atoms with Crippen LogP contribution < -0.4 is 0 Å². The minimum Gasteiger partial charge on any atom is -0.295 e. The smallest absolute Gasteiger partial charge is 0.159 e. The summed E-state index contributed by atoms with van der Waals surface area (Å²) >= 11 is 0. The van der Waals surface area contributed by atoms with E-state index in [0.717, 1.165) is 18.4 Å². The second kappa shape index (κ2) is 5.69. The number of fused-ring (bicyclic) bond motifs is 1. The van der Waals surface area contributed by atoms with Gasteiger partial charge in [-0.05, 0) is 36.5 Å². The molecule has 1 nitrogen and oxygen atoms in total. The Kier molecular flexibility index (Phi) is 3.74. The SMILES string of the molecule is CC(=O)c1ccc(CCC2=Cc3ccccc3C2C)cc1. The van der Waals surface area contributed by atoms with E-state index in [1.807, 2.05) is 12.1 Å². The lowest BCUT2D eigenvalue weighted by atomic mass is 9.93. The second-order valence-electron chi connectivity index (χ2n) is 5.82. The van der Waals surface area contributed by atoms with E-state index in [-0.39, 0.29) is 5.78 Å². The third-order valence-corrected chi connectivity index (χ3v) is 4.42. The molecule has 1 heteroatoms. The van der Waals surface area contributed by atoms with Gasteiger partial charge in [0, 0.05) is 11.5 Å². The molecule has 2 aromatic carbocycles. The lowest BCUT2D eigenvalue weighted by Gasteiger charge is -2.11. The topological polar surface area (TPSA) is 17.1 Å².